The van der Waals surface area contributed by atoms with Crippen LogP contribution in [0.2, 0.25) is 0 Å². The summed E-state index contributed by atoms with van der Waals surface area (Å²) >= 11 is 0. The molecule has 1 unspecified atom stereocenters. The Bertz CT molecular complexity index is 523. The number of carbonyl (C=O) groups is 1. The molecule has 0 radical (unpaired) electrons. The number of ether oxygens (including phenoxy) is 1. The Morgan fingerprint density at radius 3 is 2.80 bits per heavy atom. The summed E-state index contributed by atoms with van der Waals surface area (Å²) < 4.78 is 18.8. The van der Waals surface area contributed by atoms with Crippen LogP contribution in [0.25, 0.3) is 0 Å². The number of rotatable bonds is 2. The second-order valence-corrected chi connectivity index (χ2v) is 6.22. The maximum atomic E-state index is 13.7. The Balaban J connectivity index is 1.89. The first-order valence-corrected chi connectivity index (χ1v) is 6.72. The minimum atomic E-state index is -0.527. The van der Waals surface area contributed by atoms with Crippen LogP contribution in [-0.4, -0.2) is 23.3 Å². The van der Waals surface area contributed by atoms with Crippen molar-refractivity contribution in [2.75, 3.05) is 6.54 Å². The van der Waals surface area contributed by atoms with Crippen molar-refractivity contribution in [3.63, 3.8) is 0 Å². The van der Waals surface area contributed by atoms with Gasteiger partial charge in [0.05, 0.1) is 0 Å². The third-order valence-corrected chi connectivity index (χ3v) is 3.21. The standard InChI is InChI=1S/C15H20FNO3/c1-15(2,3)20-14(19)17-8-9-4-10-6-11(18)7-13(16)12(10)5-9/h6-7,9,18H,4-5,8H2,1-3H3,(H,17,19). The molecule has 0 aliphatic heterocycles. The molecule has 1 aliphatic rings. The normalized spacial score (nSPS) is 17.7. The highest BCUT2D eigenvalue weighted by Gasteiger charge is 2.26. The van der Waals surface area contributed by atoms with Crippen LogP contribution in [0.15, 0.2) is 12.1 Å². The van der Waals surface area contributed by atoms with E-state index in [9.17, 15) is 14.3 Å². The van der Waals surface area contributed by atoms with Crippen LogP contribution in [0, 0.1) is 11.7 Å². The van der Waals surface area contributed by atoms with Crippen molar-refractivity contribution in [2.45, 2.75) is 39.2 Å². The fourth-order valence-electron chi connectivity index (χ4n) is 2.45. The molecule has 1 aromatic carbocycles. The van der Waals surface area contributed by atoms with E-state index in [1.165, 1.54) is 0 Å². The summed E-state index contributed by atoms with van der Waals surface area (Å²) in [6, 6.07) is 2.72. The Morgan fingerprint density at radius 1 is 1.45 bits per heavy atom. The number of hydrogen-bond acceptors (Lipinski definition) is 3. The molecule has 2 N–H and O–H groups in total. The molecule has 0 bridgehead atoms. The number of amides is 1. The first-order valence-electron chi connectivity index (χ1n) is 6.72. The first kappa shape index (κ1) is 14.6. The molecule has 0 saturated heterocycles. The van der Waals surface area contributed by atoms with Gasteiger partial charge in [0.15, 0.2) is 0 Å². The van der Waals surface area contributed by atoms with E-state index in [1.54, 1.807) is 26.8 Å². The first-order chi connectivity index (χ1) is 9.24. The van der Waals surface area contributed by atoms with Gasteiger partial charge in [-0.15, -0.1) is 0 Å². The minimum Gasteiger partial charge on any atom is -0.508 e. The van der Waals surface area contributed by atoms with Crippen molar-refractivity contribution in [1.82, 2.24) is 5.32 Å². The summed E-state index contributed by atoms with van der Waals surface area (Å²) in [5, 5.41) is 12.1. The van der Waals surface area contributed by atoms with Gasteiger partial charge < -0.3 is 15.2 Å². The summed E-state index contributed by atoms with van der Waals surface area (Å²) in [4.78, 5) is 11.6. The maximum absolute atomic E-state index is 13.7. The lowest BCUT2D eigenvalue weighted by Crippen LogP contribution is -2.35. The highest BCUT2D eigenvalue weighted by molar-refractivity contribution is 5.67. The van der Waals surface area contributed by atoms with E-state index in [0.29, 0.717) is 24.9 Å². The maximum Gasteiger partial charge on any atom is 0.407 e. The largest absolute Gasteiger partial charge is 0.508 e. The molecule has 0 spiro atoms. The second kappa shape index (κ2) is 5.31. The van der Waals surface area contributed by atoms with Crippen LogP contribution in [0.5, 0.6) is 5.75 Å². The molecule has 1 atom stereocenters. The Labute approximate surface area is 117 Å². The molecule has 0 heterocycles. The number of phenolic OH excluding ortho intramolecular Hbond substituents is 1. The summed E-state index contributed by atoms with van der Waals surface area (Å²) in [5.41, 5.74) is 0.929. The van der Waals surface area contributed by atoms with E-state index < -0.39 is 11.7 Å². The molecule has 110 valence electrons. The third kappa shape index (κ3) is 3.62. The number of fused-ring (bicyclic) bond motifs is 1. The van der Waals surface area contributed by atoms with Gasteiger partial charge in [-0.1, -0.05) is 0 Å². The zero-order chi connectivity index (χ0) is 14.9. The number of benzene rings is 1. The van der Waals surface area contributed by atoms with Crippen molar-refractivity contribution in [1.29, 1.82) is 0 Å². The van der Waals surface area contributed by atoms with Crippen LogP contribution < -0.4 is 5.32 Å². The van der Waals surface area contributed by atoms with E-state index in [1.807, 2.05) is 0 Å². The Kier molecular flexibility index (Phi) is 3.88. The highest BCUT2D eigenvalue weighted by Crippen LogP contribution is 2.31. The second-order valence-electron chi connectivity index (χ2n) is 6.22. The van der Waals surface area contributed by atoms with Crippen LogP contribution >= 0.6 is 0 Å². The van der Waals surface area contributed by atoms with Crippen LogP contribution in [0.3, 0.4) is 0 Å². The van der Waals surface area contributed by atoms with Crippen molar-refractivity contribution in [2.24, 2.45) is 5.92 Å². The van der Waals surface area contributed by atoms with Crippen LogP contribution in [-0.2, 0) is 17.6 Å². The molecule has 1 aliphatic carbocycles. The monoisotopic (exact) mass is 281 g/mol. The molecule has 0 fully saturated rings. The Hall–Kier alpha value is -1.78. The number of hydrogen-bond donors (Lipinski definition) is 2. The van der Waals surface area contributed by atoms with E-state index in [0.717, 1.165) is 11.6 Å². The molecule has 4 nitrogen and oxygen atoms in total. The molecule has 0 saturated carbocycles. The van der Waals surface area contributed by atoms with Gasteiger partial charge in [-0.25, -0.2) is 9.18 Å². The van der Waals surface area contributed by atoms with Gasteiger partial charge in [-0.3, -0.25) is 0 Å². The van der Waals surface area contributed by atoms with Crippen molar-refractivity contribution < 1.29 is 19.0 Å². The minimum absolute atomic E-state index is 0.0537. The molecule has 0 aromatic heterocycles. The van der Waals surface area contributed by atoms with Crippen molar-refractivity contribution in [3.05, 3.63) is 29.1 Å². The molecule has 20 heavy (non-hydrogen) atoms. The molecule has 2 rings (SSSR count). The number of phenols is 1. The topological polar surface area (TPSA) is 58.6 Å². The molecular weight excluding hydrogens is 261 g/mol. The lowest BCUT2D eigenvalue weighted by atomic mass is 10.1. The van der Waals surface area contributed by atoms with Gasteiger partial charge in [0, 0.05) is 12.6 Å². The number of aromatic hydroxyl groups is 1. The van der Waals surface area contributed by atoms with Crippen molar-refractivity contribution >= 4 is 6.09 Å². The summed E-state index contributed by atoms with van der Waals surface area (Å²) in [5.74, 6) is -0.296. The average molecular weight is 281 g/mol. The van der Waals surface area contributed by atoms with Gasteiger partial charge in [0.1, 0.15) is 17.2 Å². The molecule has 5 heteroatoms. The molecule has 1 aromatic rings. The molecule has 1 amide bonds. The summed E-state index contributed by atoms with van der Waals surface area (Å²) in [6.07, 6.45) is 0.755. The number of alkyl carbamates (subject to hydrolysis) is 1. The van der Waals surface area contributed by atoms with E-state index in [4.69, 9.17) is 4.74 Å². The molecular formula is C15H20FNO3. The zero-order valence-corrected chi connectivity index (χ0v) is 12.0. The number of carbonyl (C=O) groups excluding carboxylic acids is 1. The zero-order valence-electron chi connectivity index (χ0n) is 12.0. The van der Waals surface area contributed by atoms with E-state index in [-0.39, 0.29) is 17.5 Å². The predicted molar refractivity (Wildman–Crippen MR) is 73.2 cm³/mol. The SMILES string of the molecule is CC(C)(C)OC(=O)NCC1Cc2cc(O)cc(F)c2C1. The summed E-state index contributed by atoms with van der Waals surface area (Å²) in [7, 11) is 0. The van der Waals surface area contributed by atoms with Gasteiger partial charge in [0.25, 0.3) is 0 Å². The smallest absolute Gasteiger partial charge is 0.407 e. The van der Waals surface area contributed by atoms with Gasteiger partial charge in [-0.2, -0.15) is 0 Å². The van der Waals surface area contributed by atoms with Gasteiger partial charge in [0.2, 0.25) is 0 Å². The highest BCUT2D eigenvalue weighted by atomic mass is 19.1. The lowest BCUT2D eigenvalue weighted by Gasteiger charge is -2.20. The van der Waals surface area contributed by atoms with Crippen LogP contribution in [0.1, 0.15) is 31.9 Å². The van der Waals surface area contributed by atoms with Gasteiger partial charge in [-0.05, 0) is 56.7 Å². The average Bonchev–Trinajstić information content (AvgIpc) is 2.67. The Morgan fingerprint density at radius 2 is 2.15 bits per heavy atom. The third-order valence-electron chi connectivity index (χ3n) is 3.21. The van der Waals surface area contributed by atoms with E-state index in [2.05, 4.69) is 5.32 Å². The van der Waals surface area contributed by atoms with Crippen molar-refractivity contribution in [3.8, 4) is 5.75 Å². The number of halogens is 1. The summed E-state index contributed by atoms with van der Waals surface area (Å²) in [6.45, 7) is 5.84. The van der Waals surface area contributed by atoms with Crippen LogP contribution in [0.4, 0.5) is 9.18 Å². The van der Waals surface area contributed by atoms with E-state index >= 15 is 0 Å². The fraction of sp³-hybridized carbons (Fsp3) is 0.533. The quantitative estimate of drug-likeness (QED) is 0.876. The fourth-order valence-corrected chi connectivity index (χ4v) is 2.45. The van der Waals surface area contributed by atoms with Gasteiger partial charge >= 0.3 is 6.09 Å². The lowest BCUT2D eigenvalue weighted by molar-refractivity contribution is 0.0520. The predicted octanol–water partition coefficient (Wildman–Crippen LogP) is 2.77. The number of nitrogens with one attached hydrogen (secondary N) is 1.